The number of nitrogens with one attached hydrogen (secondary N) is 1. The SMILES string of the molecule is Cc1ccc(NC(=O)CCc2ccccc2C(F)(F)F)c(F)c1. The van der Waals surface area contributed by atoms with E-state index >= 15 is 0 Å². The molecule has 0 fully saturated rings. The Bertz CT molecular complexity index is 710. The Hall–Kier alpha value is -2.37. The number of amides is 1. The molecule has 2 aromatic carbocycles. The molecule has 0 aliphatic carbocycles. The summed E-state index contributed by atoms with van der Waals surface area (Å²) < 4.78 is 52.2. The predicted octanol–water partition coefficient (Wildman–Crippen LogP) is 4.72. The van der Waals surface area contributed by atoms with Crippen LogP contribution < -0.4 is 5.32 Å². The summed E-state index contributed by atoms with van der Waals surface area (Å²) >= 11 is 0. The third-order valence-electron chi connectivity index (χ3n) is 3.34. The lowest BCUT2D eigenvalue weighted by Gasteiger charge is -2.12. The van der Waals surface area contributed by atoms with Gasteiger partial charge in [-0.2, -0.15) is 13.2 Å². The molecule has 0 unspecified atom stereocenters. The summed E-state index contributed by atoms with van der Waals surface area (Å²) in [7, 11) is 0. The number of hydrogen-bond acceptors (Lipinski definition) is 1. The number of hydrogen-bond donors (Lipinski definition) is 1. The summed E-state index contributed by atoms with van der Waals surface area (Å²) in [5, 5.41) is 2.37. The Morgan fingerprint density at radius 1 is 1.13 bits per heavy atom. The van der Waals surface area contributed by atoms with E-state index in [9.17, 15) is 22.4 Å². The average molecular weight is 325 g/mol. The summed E-state index contributed by atoms with van der Waals surface area (Å²) in [4.78, 5) is 11.8. The van der Waals surface area contributed by atoms with Gasteiger partial charge in [-0.1, -0.05) is 24.3 Å². The van der Waals surface area contributed by atoms with Gasteiger partial charge in [0.25, 0.3) is 0 Å². The van der Waals surface area contributed by atoms with E-state index in [1.54, 1.807) is 13.0 Å². The van der Waals surface area contributed by atoms with Crippen molar-refractivity contribution in [3.05, 3.63) is 65.0 Å². The molecule has 0 saturated heterocycles. The normalized spacial score (nSPS) is 11.3. The van der Waals surface area contributed by atoms with Crippen molar-refractivity contribution in [1.82, 2.24) is 0 Å². The quantitative estimate of drug-likeness (QED) is 0.810. The minimum Gasteiger partial charge on any atom is -0.324 e. The fourth-order valence-electron chi connectivity index (χ4n) is 2.20. The minimum atomic E-state index is -4.46. The summed E-state index contributed by atoms with van der Waals surface area (Å²) in [5.41, 5.74) is 0.0122. The van der Waals surface area contributed by atoms with Gasteiger partial charge in [0.2, 0.25) is 5.91 Å². The van der Waals surface area contributed by atoms with Crippen molar-refractivity contribution in [3.8, 4) is 0 Å². The van der Waals surface area contributed by atoms with Crippen LogP contribution in [0.1, 0.15) is 23.1 Å². The standard InChI is InChI=1S/C17H15F4NO/c1-11-6-8-15(14(18)10-11)22-16(23)9-7-12-4-2-3-5-13(12)17(19,20)21/h2-6,8,10H,7,9H2,1H3,(H,22,23). The van der Waals surface area contributed by atoms with Gasteiger partial charge in [0, 0.05) is 6.42 Å². The highest BCUT2D eigenvalue weighted by atomic mass is 19.4. The summed E-state index contributed by atoms with van der Waals surface area (Å²) in [6.45, 7) is 1.71. The molecule has 2 nitrogen and oxygen atoms in total. The third kappa shape index (κ3) is 4.55. The van der Waals surface area contributed by atoms with E-state index in [-0.39, 0.29) is 24.1 Å². The zero-order valence-corrected chi connectivity index (χ0v) is 12.4. The van der Waals surface area contributed by atoms with Crippen molar-refractivity contribution in [3.63, 3.8) is 0 Å². The molecule has 0 atom stereocenters. The first-order valence-corrected chi connectivity index (χ1v) is 6.98. The fraction of sp³-hybridized carbons (Fsp3) is 0.235. The van der Waals surface area contributed by atoms with Crippen LogP contribution in [0.2, 0.25) is 0 Å². The lowest BCUT2D eigenvalue weighted by molar-refractivity contribution is -0.138. The predicted molar refractivity (Wildman–Crippen MR) is 79.5 cm³/mol. The van der Waals surface area contributed by atoms with Gasteiger partial charge in [0.15, 0.2) is 0 Å². The smallest absolute Gasteiger partial charge is 0.324 e. The number of anilines is 1. The second kappa shape index (κ2) is 6.81. The zero-order valence-electron chi connectivity index (χ0n) is 12.4. The van der Waals surface area contributed by atoms with Crippen molar-refractivity contribution in [2.75, 3.05) is 5.32 Å². The van der Waals surface area contributed by atoms with E-state index in [2.05, 4.69) is 5.32 Å². The van der Waals surface area contributed by atoms with Crippen molar-refractivity contribution in [2.45, 2.75) is 25.9 Å². The van der Waals surface area contributed by atoms with Crippen LogP contribution in [0, 0.1) is 12.7 Å². The summed E-state index contributed by atoms with van der Waals surface area (Å²) in [5.74, 6) is -1.11. The van der Waals surface area contributed by atoms with Crippen LogP contribution in [-0.4, -0.2) is 5.91 Å². The van der Waals surface area contributed by atoms with Gasteiger partial charge in [-0.3, -0.25) is 4.79 Å². The lowest BCUT2D eigenvalue weighted by Crippen LogP contribution is -2.15. The fourth-order valence-corrected chi connectivity index (χ4v) is 2.20. The molecule has 0 radical (unpaired) electrons. The molecule has 0 saturated carbocycles. The van der Waals surface area contributed by atoms with Gasteiger partial charge >= 0.3 is 6.18 Å². The molecule has 2 aromatic rings. The van der Waals surface area contributed by atoms with E-state index < -0.39 is 23.5 Å². The van der Waals surface area contributed by atoms with E-state index in [1.165, 1.54) is 30.3 Å². The Kier molecular flexibility index (Phi) is 5.03. The van der Waals surface area contributed by atoms with Crippen molar-refractivity contribution in [2.24, 2.45) is 0 Å². The van der Waals surface area contributed by atoms with Crippen LogP contribution in [-0.2, 0) is 17.4 Å². The molecule has 122 valence electrons. The highest BCUT2D eigenvalue weighted by Gasteiger charge is 2.32. The van der Waals surface area contributed by atoms with E-state index in [0.29, 0.717) is 5.56 Å². The van der Waals surface area contributed by atoms with Crippen LogP contribution in [0.5, 0.6) is 0 Å². The molecule has 0 aliphatic rings. The Morgan fingerprint density at radius 3 is 2.48 bits per heavy atom. The second-order valence-corrected chi connectivity index (χ2v) is 5.19. The lowest BCUT2D eigenvalue weighted by atomic mass is 10.0. The van der Waals surface area contributed by atoms with Gasteiger partial charge in [-0.25, -0.2) is 4.39 Å². The molecule has 0 heterocycles. The highest BCUT2D eigenvalue weighted by molar-refractivity contribution is 5.91. The first kappa shape index (κ1) is 17.0. The molecular weight excluding hydrogens is 310 g/mol. The topological polar surface area (TPSA) is 29.1 Å². The zero-order chi connectivity index (χ0) is 17.0. The second-order valence-electron chi connectivity index (χ2n) is 5.19. The molecular formula is C17H15F4NO. The Morgan fingerprint density at radius 2 is 1.83 bits per heavy atom. The molecule has 0 aromatic heterocycles. The molecule has 0 spiro atoms. The first-order chi connectivity index (χ1) is 10.8. The highest BCUT2D eigenvalue weighted by Crippen LogP contribution is 2.32. The molecule has 0 bridgehead atoms. The first-order valence-electron chi connectivity index (χ1n) is 6.98. The van der Waals surface area contributed by atoms with Gasteiger partial charge < -0.3 is 5.32 Å². The third-order valence-corrected chi connectivity index (χ3v) is 3.34. The molecule has 6 heteroatoms. The number of benzene rings is 2. The van der Waals surface area contributed by atoms with E-state index in [0.717, 1.165) is 6.07 Å². The Balaban J connectivity index is 2.03. The van der Waals surface area contributed by atoms with E-state index in [1.807, 2.05) is 0 Å². The van der Waals surface area contributed by atoms with Crippen LogP contribution in [0.4, 0.5) is 23.2 Å². The molecule has 1 amide bonds. The van der Waals surface area contributed by atoms with Crippen LogP contribution in [0.3, 0.4) is 0 Å². The van der Waals surface area contributed by atoms with E-state index in [4.69, 9.17) is 0 Å². The number of carbonyl (C=O) groups excluding carboxylic acids is 1. The number of carbonyl (C=O) groups is 1. The maximum atomic E-state index is 13.6. The van der Waals surface area contributed by atoms with Gasteiger partial charge in [0.05, 0.1) is 11.3 Å². The van der Waals surface area contributed by atoms with Crippen LogP contribution in [0.15, 0.2) is 42.5 Å². The summed E-state index contributed by atoms with van der Waals surface area (Å²) in [6.07, 6.45) is -4.70. The van der Waals surface area contributed by atoms with Gasteiger partial charge in [-0.05, 0) is 42.7 Å². The minimum absolute atomic E-state index is 0.0182. The van der Waals surface area contributed by atoms with Gasteiger partial charge in [0.1, 0.15) is 5.82 Å². The monoisotopic (exact) mass is 325 g/mol. The number of rotatable bonds is 4. The van der Waals surface area contributed by atoms with Crippen molar-refractivity contribution in [1.29, 1.82) is 0 Å². The average Bonchev–Trinajstić information content (AvgIpc) is 2.47. The van der Waals surface area contributed by atoms with Crippen molar-refractivity contribution < 1.29 is 22.4 Å². The maximum absolute atomic E-state index is 13.6. The molecule has 23 heavy (non-hydrogen) atoms. The molecule has 0 aliphatic heterocycles. The number of halogens is 4. The van der Waals surface area contributed by atoms with Crippen LogP contribution in [0.25, 0.3) is 0 Å². The summed E-state index contributed by atoms with van der Waals surface area (Å²) in [6, 6.07) is 9.43. The molecule has 1 N–H and O–H groups in total. The number of aryl methyl sites for hydroxylation is 2. The van der Waals surface area contributed by atoms with Crippen molar-refractivity contribution >= 4 is 11.6 Å². The Labute approximate surface area is 131 Å². The maximum Gasteiger partial charge on any atom is 0.416 e. The van der Waals surface area contributed by atoms with Gasteiger partial charge in [-0.15, -0.1) is 0 Å². The number of alkyl halides is 3. The molecule has 2 rings (SSSR count). The largest absolute Gasteiger partial charge is 0.416 e. The van der Waals surface area contributed by atoms with Crippen LogP contribution >= 0.6 is 0 Å².